The van der Waals surface area contributed by atoms with Crippen LogP contribution in [0.3, 0.4) is 0 Å². The second kappa shape index (κ2) is 8.53. The molecule has 3 aromatic rings. The number of nitrogens with one attached hydrogen (secondary N) is 1. The van der Waals surface area contributed by atoms with E-state index in [0.29, 0.717) is 24.6 Å². The Balaban J connectivity index is 1.44. The molecule has 0 unspecified atom stereocenters. The van der Waals surface area contributed by atoms with Gasteiger partial charge in [-0.3, -0.25) is 0 Å². The SMILES string of the molecule is CCOc1ccccc1C[NH+]1CCN(S(=O)(=O)c2ccc3ccccc3c2)CC1. The molecule has 3 aromatic carbocycles. The molecule has 5 nitrogen and oxygen atoms in total. The van der Waals surface area contributed by atoms with E-state index in [4.69, 9.17) is 4.74 Å². The minimum atomic E-state index is -3.47. The summed E-state index contributed by atoms with van der Waals surface area (Å²) in [5, 5.41) is 2.00. The summed E-state index contributed by atoms with van der Waals surface area (Å²) < 4.78 is 33.6. The van der Waals surface area contributed by atoms with Gasteiger partial charge in [-0.15, -0.1) is 0 Å². The number of nitrogens with zero attached hydrogens (tertiary/aromatic N) is 1. The van der Waals surface area contributed by atoms with Gasteiger partial charge in [0.1, 0.15) is 12.3 Å². The fourth-order valence-electron chi connectivity index (χ4n) is 3.91. The Kier molecular flexibility index (Phi) is 5.85. The Bertz CT molecular complexity index is 1090. The van der Waals surface area contributed by atoms with E-state index >= 15 is 0 Å². The standard InChI is InChI=1S/C23H26N2O3S/c1-2-28-23-10-6-5-9-21(23)18-24-13-15-25(16-14-24)29(26,27)22-12-11-19-7-3-4-8-20(19)17-22/h3-12,17H,2,13-16,18H2,1H3/p+1. The maximum absolute atomic E-state index is 13.1. The van der Waals surface area contributed by atoms with Crippen LogP contribution >= 0.6 is 0 Å². The van der Waals surface area contributed by atoms with Gasteiger partial charge in [0.15, 0.2) is 0 Å². The zero-order valence-corrected chi connectivity index (χ0v) is 17.5. The van der Waals surface area contributed by atoms with Crippen LogP contribution in [0.1, 0.15) is 12.5 Å². The zero-order valence-electron chi connectivity index (χ0n) is 16.7. The molecule has 1 aliphatic rings. The van der Waals surface area contributed by atoms with Crippen LogP contribution in [0.15, 0.2) is 71.6 Å². The lowest BCUT2D eigenvalue weighted by Crippen LogP contribution is -3.13. The molecule has 1 saturated heterocycles. The third-order valence-electron chi connectivity index (χ3n) is 5.50. The summed E-state index contributed by atoms with van der Waals surface area (Å²) >= 11 is 0. The van der Waals surface area contributed by atoms with E-state index < -0.39 is 10.0 Å². The summed E-state index contributed by atoms with van der Waals surface area (Å²) in [6.07, 6.45) is 0. The summed E-state index contributed by atoms with van der Waals surface area (Å²) in [6.45, 7) is 6.10. The number of sulfonamides is 1. The summed E-state index contributed by atoms with van der Waals surface area (Å²) in [6, 6.07) is 21.3. The first-order valence-corrected chi connectivity index (χ1v) is 11.5. The smallest absolute Gasteiger partial charge is 0.243 e. The lowest BCUT2D eigenvalue weighted by atomic mass is 10.1. The van der Waals surface area contributed by atoms with Gasteiger partial charge >= 0.3 is 0 Å². The minimum absolute atomic E-state index is 0.376. The first-order valence-electron chi connectivity index (χ1n) is 10.1. The summed E-state index contributed by atoms with van der Waals surface area (Å²) in [5.74, 6) is 0.925. The Morgan fingerprint density at radius 2 is 1.62 bits per heavy atom. The normalized spacial score (nSPS) is 16.2. The molecule has 6 heteroatoms. The molecule has 152 valence electrons. The third kappa shape index (κ3) is 4.29. The molecule has 4 rings (SSSR count). The molecule has 0 aliphatic carbocycles. The van der Waals surface area contributed by atoms with E-state index in [9.17, 15) is 8.42 Å². The molecule has 0 bridgehead atoms. The van der Waals surface area contributed by atoms with Gasteiger partial charge in [-0.1, -0.05) is 42.5 Å². The molecule has 29 heavy (non-hydrogen) atoms. The zero-order chi connectivity index (χ0) is 20.3. The monoisotopic (exact) mass is 411 g/mol. The third-order valence-corrected chi connectivity index (χ3v) is 7.40. The number of piperazine rings is 1. The Morgan fingerprint density at radius 3 is 2.38 bits per heavy atom. The number of rotatable bonds is 6. The predicted molar refractivity (Wildman–Crippen MR) is 115 cm³/mol. The number of ether oxygens (including phenoxy) is 1. The molecule has 0 aromatic heterocycles. The number of quaternary nitrogens is 1. The number of hydrogen-bond donors (Lipinski definition) is 1. The van der Waals surface area contributed by atoms with Crippen molar-refractivity contribution in [1.82, 2.24) is 4.31 Å². The van der Waals surface area contributed by atoms with Gasteiger partial charge in [0.2, 0.25) is 10.0 Å². The van der Waals surface area contributed by atoms with Crippen LogP contribution < -0.4 is 9.64 Å². The molecule has 0 radical (unpaired) electrons. The summed E-state index contributed by atoms with van der Waals surface area (Å²) in [5.41, 5.74) is 1.18. The molecule has 1 heterocycles. The number of hydrogen-bond acceptors (Lipinski definition) is 3. The van der Waals surface area contributed by atoms with Gasteiger partial charge in [-0.25, -0.2) is 8.42 Å². The molecular formula is C23H27N2O3S+. The highest BCUT2D eigenvalue weighted by Crippen LogP contribution is 2.22. The van der Waals surface area contributed by atoms with Crippen LogP contribution in [-0.2, 0) is 16.6 Å². The van der Waals surface area contributed by atoms with Crippen molar-refractivity contribution in [3.63, 3.8) is 0 Å². The van der Waals surface area contributed by atoms with Gasteiger partial charge in [0.05, 0.1) is 37.7 Å². The molecule has 0 atom stereocenters. The van der Waals surface area contributed by atoms with E-state index in [1.54, 1.807) is 16.4 Å². The van der Waals surface area contributed by atoms with Crippen molar-refractivity contribution in [2.45, 2.75) is 18.4 Å². The van der Waals surface area contributed by atoms with Crippen LogP contribution in [0.4, 0.5) is 0 Å². The second-order valence-electron chi connectivity index (χ2n) is 7.38. The van der Waals surface area contributed by atoms with Crippen molar-refractivity contribution in [1.29, 1.82) is 0 Å². The van der Waals surface area contributed by atoms with Crippen molar-refractivity contribution in [3.8, 4) is 5.75 Å². The molecular weight excluding hydrogens is 384 g/mol. The Labute approximate surface area is 172 Å². The lowest BCUT2D eigenvalue weighted by Gasteiger charge is -2.31. The largest absolute Gasteiger partial charge is 0.493 e. The topological polar surface area (TPSA) is 51.1 Å². The fourth-order valence-corrected chi connectivity index (χ4v) is 5.39. The number of benzene rings is 3. The van der Waals surface area contributed by atoms with Crippen LogP contribution in [0.5, 0.6) is 5.75 Å². The molecule has 1 aliphatic heterocycles. The summed E-state index contributed by atoms with van der Waals surface area (Å²) in [4.78, 5) is 1.75. The van der Waals surface area contributed by atoms with Crippen molar-refractivity contribution in [2.75, 3.05) is 32.8 Å². The Hall–Kier alpha value is -2.41. The minimum Gasteiger partial charge on any atom is -0.493 e. The maximum atomic E-state index is 13.1. The average Bonchev–Trinajstić information content (AvgIpc) is 2.75. The van der Waals surface area contributed by atoms with Crippen LogP contribution in [0.2, 0.25) is 0 Å². The first kappa shape index (κ1) is 19.9. The van der Waals surface area contributed by atoms with Gasteiger partial charge in [0.25, 0.3) is 0 Å². The quantitative estimate of drug-likeness (QED) is 0.677. The van der Waals surface area contributed by atoms with Gasteiger partial charge in [-0.05, 0) is 42.0 Å². The molecule has 1 N–H and O–H groups in total. The van der Waals surface area contributed by atoms with E-state index in [0.717, 1.165) is 36.2 Å². The van der Waals surface area contributed by atoms with Crippen molar-refractivity contribution < 1.29 is 18.1 Å². The fraction of sp³-hybridized carbons (Fsp3) is 0.304. The second-order valence-corrected chi connectivity index (χ2v) is 9.32. The average molecular weight is 412 g/mol. The van der Waals surface area contributed by atoms with Gasteiger partial charge < -0.3 is 9.64 Å². The molecule has 0 spiro atoms. The molecule has 0 saturated carbocycles. The predicted octanol–water partition coefficient (Wildman–Crippen LogP) is 2.33. The van der Waals surface area contributed by atoms with Crippen LogP contribution in [-0.4, -0.2) is 45.5 Å². The molecule has 1 fully saturated rings. The lowest BCUT2D eigenvalue weighted by molar-refractivity contribution is -0.917. The van der Waals surface area contributed by atoms with Crippen LogP contribution in [0.25, 0.3) is 10.8 Å². The Morgan fingerprint density at radius 1 is 0.931 bits per heavy atom. The van der Waals surface area contributed by atoms with E-state index in [2.05, 4.69) is 6.07 Å². The van der Waals surface area contributed by atoms with Crippen molar-refractivity contribution in [2.24, 2.45) is 0 Å². The molecule has 0 amide bonds. The van der Waals surface area contributed by atoms with E-state index in [1.165, 1.54) is 10.5 Å². The highest BCUT2D eigenvalue weighted by Gasteiger charge is 2.30. The van der Waals surface area contributed by atoms with Crippen molar-refractivity contribution in [3.05, 3.63) is 72.3 Å². The van der Waals surface area contributed by atoms with Crippen molar-refractivity contribution >= 4 is 20.8 Å². The van der Waals surface area contributed by atoms with E-state index in [1.807, 2.05) is 55.5 Å². The number of fused-ring (bicyclic) bond motifs is 1. The number of para-hydroxylation sites is 1. The highest BCUT2D eigenvalue weighted by molar-refractivity contribution is 7.89. The van der Waals surface area contributed by atoms with Crippen LogP contribution in [0, 0.1) is 0 Å². The van der Waals surface area contributed by atoms with Gasteiger partial charge in [-0.2, -0.15) is 4.31 Å². The maximum Gasteiger partial charge on any atom is 0.243 e. The van der Waals surface area contributed by atoms with E-state index in [-0.39, 0.29) is 0 Å². The first-order chi connectivity index (χ1) is 14.1. The summed E-state index contributed by atoms with van der Waals surface area (Å²) in [7, 11) is -3.47. The highest BCUT2D eigenvalue weighted by atomic mass is 32.2. The van der Waals surface area contributed by atoms with Gasteiger partial charge in [0, 0.05) is 5.56 Å².